The van der Waals surface area contributed by atoms with Crippen LogP contribution in [0.4, 0.5) is 11.4 Å². The van der Waals surface area contributed by atoms with Crippen LogP contribution < -0.4 is 0 Å². The van der Waals surface area contributed by atoms with Crippen molar-refractivity contribution in [1.82, 2.24) is 0 Å². The van der Waals surface area contributed by atoms with E-state index >= 15 is 0 Å². The van der Waals surface area contributed by atoms with Gasteiger partial charge in [-0.3, -0.25) is 10.1 Å². The van der Waals surface area contributed by atoms with Crippen LogP contribution in [0.5, 0.6) is 0 Å². The molecule has 0 aliphatic rings. The first-order chi connectivity index (χ1) is 7.47. The molecule has 0 saturated heterocycles. The molecule has 0 radical (unpaired) electrons. The van der Waals surface area contributed by atoms with Crippen molar-refractivity contribution < 1.29 is 9.72 Å². The molecule has 0 aliphatic heterocycles. The molecule has 5 heteroatoms. The second-order valence-electron chi connectivity index (χ2n) is 3.82. The molecular formula is C11H12N2O3. The number of nitro benzene ring substituents is 1. The largest absolute Gasteiger partial charge is 0.270 e. The van der Waals surface area contributed by atoms with Crippen LogP contribution in [-0.4, -0.2) is 11.0 Å². The minimum absolute atomic E-state index is 0.0195. The van der Waals surface area contributed by atoms with E-state index in [1.807, 2.05) is 13.8 Å². The lowest BCUT2D eigenvalue weighted by molar-refractivity contribution is -0.385. The number of hydrogen-bond donors (Lipinski definition) is 0. The van der Waals surface area contributed by atoms with E-state index in [0.717, 1.165) is 0 Å². The summed E-state index contributed by atoms with van der Waals surface area (Å²) in [6, 6.07) is 2.86. The van der Waals surface area contributed by atoms with E-state index in [1.54, 1.807) is 6.92 Å². The highest BCUT2D eigenvalue weighted by molar-refractivity contribution is 5.62. The Labute approximate surface area is 93.0 Å². The van der Waals surface area contributed by atoms with Gasteiger partial charge in [-0.2, -0.15) is 4.99 Å². The zero-order valence-electron chi connectivity index (χ0n) is 9.35. The summed E-state index contributed by atoms with van der Waals surface area (Å²) < 4.78 is 0. The zero-order chi connectivity index (χ0) is 12.3. The standard InChI is InChI=1S/C11H12N2O3/c1-7(2)10-5-9(13(15)16)4-8(3)11(10)12-6-14/h4-5,7H,1-3H3. The maximum absolute atomic E-state index is 10.7. The quantitative estimate of drug-likeness (QED) is 0.340. The lowest BCUT2D eigenvalue weighted by atomic mass is 9.97. The van der Waals surface area contributed by atoms with Crippen LogP contribution in [0.3, 0.4) is 0 Å². The van der Waals surface area contributed by atoms with Gasteiger partial charge in [-0.15, -0.1) is 0 Å². The van der Waals surface area contributed by atoms with Gasteiger partial charge in [-0.05, 0) is 24.0 Å². The van der Waals surface area contributed by atoms with E-state index in [4.69, 9.17) is 0 Å². The second-order valence-corrected chi connectivity index (χ2v) is 3.82. The Kier molecular flexibility index (Phi) is 3.53. The number of aliphatic imine (C=N–C) groups is 1. The van der Waals surface area contributed by atoms with E-state index in [-0.39, 0.29) is 11.6 Å². The van der Waals surface area contributed by atoms with Gasteiger partial charge in [-0.25, -0.2) is 4.79 Å². The van der Waals surface area contributed by atoms with Crippen molar-refractivity contribution >= 4 is 17.5 Å². The minimum Gasteiger partial charge on any atom is -0.258 e. The van der Waals surface area contributed by atoms with Gasteiger partial charge in [0.2, 0.25) is 6.08 Å². The van der Waals surface area contributed by atoms with E-state index in [0.29, 0.717) is 16.8 Å². The number of rotatable bonds is 3. The number of non-ortho nitro benzene ring substituents is 1. The maximum Gasteiger partial charge on any atom is 0.270 e. The summed E-state index contributed by atoms with van der Waals surface area (Å²) in [5, 5.41) is 10.7. The number of benzene rings is 1. The van der Waals surface area contributed by atoms with Crippen LogP contribution >= 0.6 is 0 Å². The SMILES string of the molecule is Cc1cc([N+](=O)[O-])cc(C(C)C)c1N=C=O. The van der Waals surface area contributed by atoms with Crippen molar-refractivity contribution in [3.05, 3.63) is 33.4 Å². The highest BCUT2D eigenvalue weighted by Crippen LogP contribution is 2.33. The fourth-order valence-corrected chi connectivity index (χ4v) is 1.53. The van der Waals surface area contributed by atoms with Gasteiger partial charge in [0.15, 0.2) is 0 Å². The molecule has 0 fully saturated rings. The third kappa shape index (κ3) is 2.32. The molecule has 16 heavy (non-hydrogen) atoms. The van der Waals surface area contributed by atoms with Gasteiger partial charge < -0.3 is 0 Å². The van der Waals surface area contributed by atoms with E-state index in [1.165, 1.54) is 18.2 Å². The molecule has 0 bridgehead atoms. The number of isocyanates is 1. The normalized spacial score (nSPS) is 10.0. The van der Waals surface area contributed by atoms with E-state index < -0.39 is 4.92 Å². The average Bonchev–Trinajstić information content (AvgIpc) is 2.20. The Bertz CT molecular complexity index is 474. The van der Waals surface area contributed by atoms with Crippen molar-refractivity contribution in [3.63, 3.8) is 0 Å². The first kappa shape index (κ1) is 12.1. The summed E-state index contributed by atoms with van der Waals surface area (Å²) in [5.74, 6) is 0.0608. The van der Waals surface area contributed by atoms with Gasteiger partial charge in [-0.1, -0.05) is 13.8 Å². The van der Waals surface area contributed by atoms with Crippen LogP contribution in [0.1, 0.15) is 30.9 Å². The van der Waals surface area contributed by atoms with Crippen molar-refractivity contribution in [2.45, 2.75) is 26.7 Å². The first-order valence-electron chi connectivity index (χ1n) is 4.84. The summed E-state index contributed by atoms with van der Waals surface area (Å²) in [4.78, 5) is 24.1. The summed E-state index contributed by atoms with van der Waals surface area (Å²) in [5.41, 5.74) is 1.80. The molecule has 0 N–H and O–H groups in total. The number of hydrogen-bond acceptors (Lipinski definition) is 4. The summed E-state index contributed by atoms with van der Waals surface area (Å²) >= 11 is 0. The molecule has 84 valence electrons. The predicted octanol–water partition coefficient (Wildman–Crippen LogP) is 2.99. The molecule has 5 nitrogen and oxygen atoms in total. The molecule has 0 unspecified atom stereocenters. The fourth-order valence-electron chi connectivity index (χ4n) is 1.53. The zero-order valence-corrected chi connectivity index (χ0v) is 9.35. The molecule has 0 saturated carbocycles. The molecule has 0 spiro atoms. The first-order valence-corrected chi connectivity index (χ1v) is 4.84. The third-order valence-electron chi connectivity index (χ3n) is 2.31. The van der Waals surface area contributed by atoms with E-state index in [9.17, 15) is 14.9 Å². The Morgan fingerprint density at radius 3 is 2.50 bits per heavy atom. The van der Waals surface area contributed by atoms with E-state index in [2.05, 4.69) is 4.99 Å². The Morgan fingerprint density at radius 2 is 2.06 bits per heavy atom. The number of nitro groups is 1. The fraction of sp³-hybridized carbons (Fsp3) is 0.364. The summed E-state index contributed by atoms with van der Waals surface area (Å²) in [7, 11) is 0. The maximum atomic E-state index is 10.7. The lowest BCUT2D eigenvalue weighted by Gasteiger charge is -2.10. The minimum atomic E-state index is -0.451. The number of nitrogens with zero attached hydrogens (tertiary/aromatic N) is 2. The van der Waals surface area contributed by atoms with Crippen LogP contribution in [0.25, 0.3) is 0 Å². The smallest absolute Gasteiger partial charge is 0.258 e. The van der Waals surface area contributed by atoms with Gasteiger partial charge in [0, 0.05) is 12.1 Å². The van der Waals surface area contributed by atoms with Crippen LogP contribution in [-0.2, 0) is 4.79 Å². The van der Waals surface area contributed by atoms with Crippen LogP contribution in [0.2, 0.25) is 0 Å². The highest BCUT2D eigenvalue weighted by atomic mass is 16.6. The summed E-state index contributed by atoms with van der Waals surface area (Å²) in [6.45, 7) is 5.47. The topological polar surface area (TPSA) is 72.6 Å². The monoisotopic (exact) mass is 220 g/mol. The molecule has 0 heterocycles. The number of aryl methyl sites for hydroxylation is 1. The van der Waals surface area contributed by atoms with Gasteiger partial charge in [0.25, 0.3) is 5.69 Å². The van der Waals surface area contributed by atoms with Gasteiger partial charge in [0.1, 0.15) is 0 Å². The number of carbonyl (C=O) groups excluding carboxylic acids is 1. The van der Waals surface area contributed by atoms with Gasteiger partial charge >= 0.3 is 0 Å². The Balaban J connectivity index is 3.51. The molecule has 0 aliphatic carbocycles. The third-order valence-corrected chi connectivity index (χ3v) is 2.31. The highest BCUT2D eigenvalue weighted by Gasteiger charge is 2.16. The molecule has 1 rings (SSSR count). The Morgan fingerprint density at radius 1 is 1.44 bits per heavy atom. The second kappa shape index (κ2) is 4.68. The average molecular weight is 220 g/mol. The molecular weight excluding hydrogens is 208 g/mol. The molecule has 0 amide bonds. The van der Waals surface area contributed by atoms with Crippen molar-refractivity contribution in [3.8, 4) is 0 Å². The molecule has 1 aromatic carbocycles. The predicted molar refractivity (Wildman–Crippen MR) is 59.7 cm³/mol. The molecule has 0 aromatic heterocycles. The van der Waals surface area contributed by atoms with Crippen LogP contribution in [0, 0.1) is 17.0 Å². The van der Waals surface area contributed by atoms with Crippen molar-refractivity contribution in [1.29, 1.82) is 0 Å². The lowest BCUT2D eigenvalue weighted by Crippen LogP contribution is -1.95. The summed E-state index contributed by atoms with van der Waals surface area (Å²) in [6.07, 6.45) is 1.47. The van der Waals surface area contributed by atoms with Crippen molar-refractivity contribution in [2.75, 3.05) is 0 Å². The van der Waals surface area contributed by atoms with Gasteiger partial charge in [0.05, 0.1) is 10.6 Å². The Hall–Kier alpha value is -2.00. The van der Waals surface area contributed by atoms with Crippen LogP contribution in [0.15, 0.2) is 17.1 Å². The molecule has 1 aromatic rings. The molecule has 0 atom stereocenters. The van der Waals surface area contributed by atoms with Crippen molar-refractivity contribution in [2.24, 2.45) is 4.99 Å².